The van der Waals surface area contributed by atoms with Crippen LogP contribution >= 0.6 is 11.6 Å². The van der Waals surface area contributed by atoms with E-state index in [-0.39, 0.29) is 12.3 Å². The van der Waals surface area contributed by atoms with Crippen LogP contribution in [0.1, 0.15) is 57.8 Å². The number of halogens is 1. The molecule has 0 radical (unpaired) electrons. The Bertz CT molecular complexity index is 1150. The number of hydrogen-bond donors (Lipinski definition) is 2. The van der Waals surface area contributed by atoms with Crippen molar-refractivity contribution in [3.63, 3.8) is 0 Å². The van der Waals surface area contributed by atoms with Crippen LogP contribution in [0.4, 0.5) is 17.5 Å². The summed E-state index contributed by atoms with van der Waals surface area (Å²) in [6, 6.07) is 2.28. The number of fused-ring (bicyclic) bond motifs is 1. The SMILES string of the molecule is N#CCC(=O)N1CCC2(CCC(Nc3nc(Nc4cnn(CC56CC5C6)c4)ncc3Cl)CC2)CC1. The largest absolute Gasteiger partial charge is 0.366 e. The highest BCUT2D eigenvalue weighted by molar-refractivity contribution is 6.32. The molecule has 35 heavy (non-hydrogen) atoms. The fraction of sp³-hybridized carbons (Fsp3) is 0.640. The first kappa shape index (κ1) is 22.6. The Morgan fingerprint density at radius 3 is 2.63 bits per heavy atom. The first-order chi connectivity index (χ1) is 17.0. The number of carbonyl (C=O) groups excluding carboxylic acids is 1. The van der Waals surface area contributed by atoms with Crippen molar-refractivity contribution < 1.29 is 4.79 Å². The van der Waals surface area contributed by atoms with E-state index in [1.54, 1.807) is 6.20 Å². The second-order valence-corrected chi connectivity index (χ2v) is 11.5. The molecule has 4 aliphatic rings. The molecule has 0 unspecified atom stereocenters. The molecule has 2 aromatic heterocycles. The molecule has 0 atom stereocenters. The molecule has 9 nitrogen and oxygen atoms in total. The van der Waals surface area contributed by atoms with Crippen molar-refractivity contribution in [3.8, 4) is 6.07 Å². The zero-order chi connectivity index (χ0) is 24.0. The zero-order valence-electron chi connectivity index (χ0n) is 19.8. The minimum atomic E-state index is -0.0351. The molecule has 0 aromatic carbocycles. The lowest BCUT2D eigenvalue weighted by Gasteiger charge is -2.46. The van der Waals surface area contributed by atoms with Gasteiger partial charge in [-0.1, -0.05) is 11.6 Å². The van der Waals surface area contributed by atoms with Crippen LogP contribution in [-0.2, 0) is 11.3 Å². The number of likely N-dealkylation sites (tertiary alicyclic amines) is 1. The number of carbonyl (C=O) groups is 1. The molecule has 1 saturated heterocycles. The van der Waals surface area contributed by atoms with Crippen LogP contribution in [0.2, 0.25) is 5.02 Å². The van der Waals surface area contributed by atoms with Crippen LogP contribution < -0.4 is 10.6 Å². The van der Waals surface area contributed by atoms with Gasteiger partial charge in [0.1, 0.15) is 11.4 Å². The van der Waals surface area contributed by atoms with Crippen molar-refractivity contribution in [2.24, 2.45) is 16.7 Å². The van der Waals surface area contributed by atoms with E-state index in [0.29, 0.717) is 33.7 Å². The van der Waals surface area contributed by atoms with E-state index >= 15 is 0 Å². The van der Waals surface area contributed by atoms with Gasteiger partial charge in [0.05, 0.1) is 24.2 Å². The minimum absolute atomic E-state index is 0.0149. The first-order valence-electron chi connectivity index (χ1n) is 12.7. The minimum Gasteiger partial charge on any atom is -0.366 e. The molecule has 0 bridgehead atoms. The molecule has 184 valence electrons. The molecule has 2 aromatic rings. The van der Waals surface area contributed by atoms with Gasteiger partial charge in [-0.15, -0.1) is 0 Å². The molecule has 3 heterocycles. The molecule has 1 spiro atoms. The van der Waals surface area contributed by atoms with E-state index < -0.39 is 0 Å². The predicted molar refractivity (Wildman–Crippen MR) is 132 cm³/mol. The highest BCUT2D eigenvalue weighted by Gasteiger charge is 2.69. The average molecular weight is 495 g/mol. The van der Waals surface area contributed by atoms with Crippen LogP contribution in [0.25, 0.3) is 0 Å². The Morgan fingerprint density at radius 1 is 1.20 bits per heavy atom. The molecular formula is C25H31ClN8O. The van der Waals surface area contributed by atoms with E-state index in [4.69, 9.17) is 16.9 Å². The lowest BCUT2D eigenvalue weighted by Crippen LogP contribution is -2.45. The van der Waals surface area contributed by atoms with Crippen LogP contribution in [-0.4, -0.2) is 49.7 Å². The summed E-state index contributed by atoms with van der Waals surface area (Å²) in [7, 11) is 0. The van der Waals surface area contributed by atoms with E-state index in [1.165, 1.54) is 12.8 Å². The number of nitrogens with one attached hydrogen (secondary N) is 2. The quantitative estimate of drug-likeness (QED) is 0.588. The van der Waals surface area contributed by atoms with Gasteiger partial charge in [-0.3, -0.25) is 9.48 Å². The average Bonchev–Trinajstić information content (AvgIpc) is 3.65. The monoisotopic (exact) mass is 494 g/mol. The number of piperidine rings is 1. The number of nitrogens with zero attached hydrogens (tertiary/aromatic N) is 6. The van der Waals surface area contributed by atoms with Gasteiger partial charge in [0.15, 0.2) is 5.82 Å². The fourth-order valence-electron chi connectivity index (χ4n) is 6.03. The fourth-order valence-corrected chi connectivity index (χ4v) is 6.18. The third-order valence-electron chi connectivity index (χ3n) is 8.76. The first-order valence-corrected chi connectivity index (χ1v) is 13.1. The van der Waals surface area contributed by atoms with Gasteiger partial charge in [-0.2, -0.15) is 15.3 Å². The maximum Gasteiger partial charge on any atom is 0.236 e. The molecule has 1 amide bonds. The second kappa shape index (κ2) is 8.66. The normalized spacial score (nSPS) is 26.6. The standard InChI is InChI=1S/C25H31ClN8O/c26-20-14-28-23(31-19-13-29-34(15-19)16-25-11-17(25)12-25)32-22(20)30-18-1-4-24(5-2-18)6-9-33(10-7-24)21(35)3-8-27/h13-15,17-18H,1-7,9-12,16H2,(H2,28,30,31,32). The maximum atomic E-state index is 12.0. The Hall–Kier alpha value is -2.86. The summed E-state index contributed by atoms with van der Waals surface area (Å²) < 4.78 is 2.02. The van der Waals surface area contributed by atoms with Crippen LogP contribution in [0.5, 0.6) is 0 Å². The molecule has 10 heteroatoms. The summed E-state index contributed by atoms with van der Waals surface area (Å²) in [4.78, 5) is 22.9. The number of nitriles is 1. The lowest BCUT2D eigenvalue weighted by atomic mass is 9.67. The van der Waals surface area contributed by atoms with Crippen molar-refractivity contribution in [2.45, 2.75) is 70.4 Å². The smallest absolute Gasteiger partial charge is 0.236 e. The van der Waals surface area contributed by atoms with Gasteiger partial charge in [0.2, 0.25) is 11.9 Å². The number of rotatable bonds is 7. The summed E-state index contributed by atoms with van der Waals surface area (Å²) in [5.74, 6) is 2.07. The van der Waals surface area contributed by atoms with Gasteiger partial charge in [-0.05, 0) is 68.1 Å². The summed E-state index contributed by atoms with van der Waals surface area (Å²) in [6.45, 7) is 2.54. The van der Waals surface area contributed by atoms with Crippen molar-refractivity contribution in [1.82, 2.24) is 24.6 Å². The van der Waals surface area contributed by atoms with Crippen LogP contribution in [0.3, 0.4) is 0 Å². The third-order valence-corrected chi connectivity index (χ3v) is 9.03. The van der Waals surface area contributed by atoms with Crippen molar-refractivity contribution in [2.75, 3.05) is 23.7 Å². The molecule has 1 aliphatic heterocycles. The van der Waals surface area contributed by atoms with Crippen LogP contribution in [0.15, 0.2) is 18.6 Å². The van der Waals surface area contributed by atoms with Gasteiger partial charge >= 0.3 is 0 Å². The van der Waals surface area contributed by atoms with E-state index in [2.05, 4.69) is 25.7 Å². The number of amides is 1. The summed E-state index contributed by atoms with van der Waals surface area (Å²) in [5, 5.41) is 20.6. The van der Waals surface area contributed by atoms with E-state index in [0.717, 1.165) is 69.8 Å². The van der Waals surface area contributed by atoms with Gasteiger partial charge in [0, 0.05) is 31.9 Å². The Labute approximate surface area is 210 Å². The number of aromatic nitrogens is 4. The Morgan fingerprint density at radius 2 is 1.94 bits per heavy atom. The molecular weight excluding hydrogens is 464 g/mol. The summed E-state index contributed by atoms with van der Waals surface area (Å²) >= 11 is 6.43. The van der Waals surface area contributed by atoms with Gasteiger partial charge in [0.25, 0.3) is 0 Å². The van der Waals surface area contributed by atoms with E-state index in [9.17, 15) is 4.79 Å². The van der Waals surface area contributed by atoms with Gasteiger partial charge in [-0.25, -0.2) is 4.98 Å². The molecule has 4 fully saturated rings. The van der Waals surface area contributed by atoms with Crippen LogP contribution in [0, 0.1) is 28.1 Å². The molecule has 2 N–H and O–H groups in total. The highest BCUT2D eigenvalue weighted by Crippen LogP contribution is 2.76. The Balaban J connectivity index is 1.02. The summed E-state index contributed by atoms with van der Waals surface area (Å²) in [5.41, 5.74) is 1.75. The summed E-state index contributed by atoms with van der Waals surface area (Å²) in [6.07, 6.45) is 14.6. The molecule has 6 rings (SSSR count). The Kier molecular flexibility index (Phi) is 5.59. The van der Waals surface area contributed by atoms with E-state index in [1.807, 2.05) is 28.0 Å². The van der Waals surface area contributed by atoms with Gasteiger partial charge < -0.3 is 15.5 Å². The lowest BCUT2D eigenvalue weighted by molar-refractivity contribution is -0.132. The number of anilines is 3. The van der Waals surface area contributed by atoms with Crippen molar-refractivity contribution in [1.29, 1.82) is 5.26 Å². The highest BCUT2D eigenvalue weighted by atomic mass is 35.5. The van der Waals surface area contributed by atoms with Crippen molar-refractivity contribution >= 4 is 35.0 Å². The second-order valence-electron chi connectivity index (χ2n) is 11.0. The zero-order valence-corrected chi connectivity index (χ0v) is 20.6. The predicted octanol–water partition coefficient (Wildman–Crippen LogP) is 4.36. The third kappa shape index (κ3) is 4.68. The molecule has 3 saturated carbocycles. The topological polar surface area (TPSA) is 112 Å². The van der Waals surface area contributed by atoms with Crippen molar-refractivity contribution in [3.05, 3.63) is 23.6 Å². The molecule has 3 aliphatic carbocycles. The maximum absolute atomic E-state index is 12.0. The number of hydrogen-bond acceptors (Lipinski definition) is 7.